The molecule has 1 fully saturated rings. The number of nitrogens with one attached hydrogen (secondary N) is 1. The van der Waals surface area contributed by atoms with E-state index in [-0.39, 0.29) is 47.7 Å². The summed E-state index contributed by atoms with van der Waals surface area (Å²) in [4.78, 5) is 35.4. The van der Waals surface area contributed by atoms with Crippen molar-refractivity contribution in [1.29, 1.82) is 0 Å². The number of hydrogen-bond donors (Lipinski definition) is 1. The third-order valence-corrected chi connectivity index (χ3v) is 5.86. The highest BCUT2D eigenvalue weighted by molar-refractivity contribution is 7.91. The minimum absolute atomic E-state index is 0.0234. The molecule has 136 valence electrons. The fourth-order valence-corrected chi connectivity index (χ4v) is 4.35. The Hall–Kier alpha value is -2.49. The Balaban J connectivity index is 1.80. The zero-order valence-electron chi connectivity index (χ0n) is 13.7. The van der Waals surface area contributed by atoms with Crippen LogP contribution in [0, 0.1) is 10.1 Å². The van der Waals surface area contributed by atoms with Gasteiger partial charge in [0.25, 0.3) is 11.6 Å². The van der Waals surface area contributed by atoms with E-state index in [1.165, 1.54) is 29.2 Å². The van der Waals surface area contributed by atoms with Crippen molar-refractivity contribution in [1.82, 2.24) is 10.2 Å². The standard InChI is InChI=1S/C15H19N3O6S/c1-17(13-7-9-25(23,24)10-13)14(19)6-8-16-15(20)11-2-4-12(5-3-11)18(21)22/h2-5,13H,6-10H2,1H3,(H,16,20). The Bertz CT molecular complexity index is 775. The summed E-state index contributed by atoms with van der Waals surface area (Å²) in [6, 6.07) is 4.82. The molecule has 0 aromatic heterocycles. The quantitative estimate of drug-likeness (QED) is 0.570. The maximum absolute atomic E-state index is 12.1. The van der Waals surface area contributed by atoms with Gasteiger partial charge in [0, 0.05) is 43.8 Å². The van der Waals surface area contributed by atoms with Gasteiger partial charge in [0.15, 0.2) is 9.84 Å². The van der Waals surface area contributed by atoms with E-state index in [1.807, 2.05) is 0 Å². The van der Waals surface area contributed by atoms with Crippen LogP contribution < -0.4 is 5.32 Å². The molecular formula is C15H19N3O6S. The molecule has 1 heterocycles. The first-order valence-electron chi connectivity index (χ1n) is 7.68. The van der Waals surface area contributed by atoms with Gasteiger partial charge in [-0.15, -0.1) is 0 Å². The van der Waals surface area contributed by atoms with Crippen LogP contribution in [0.15, 0.2) is 24.3 Å². The van der Waals surface area contributed by atoms with E-state index in [2.05, 4.69) is 5.32 Å². The van der Waals surface area contributed by atoms with Crippen molar-refractivity contribution >= 4 is 27.3 Å². The molecule has 0 saturated carbocycles. The molecule has 1 aromatic rings. The topological polar surface area (TPSA) is 127 Å². The average molecular weight is 369 g/mol. The highest BCUT2D eigenvalue weighted by Gasteiger charge is 2.32. The van der Waals surface area contributed by atoms with E-state index >= 15 is 0 Å². The lowest BCUT2D eigenvalue weighted by atomic mass is 10.2. The molecule has 1 atom stereocenters. The molecule has 1 aliphatic rings. The van der Waals surface area contributed by atoms with Crippen LogP contribution in [-0.4, -0.2) is 61.2 Å². The van der Waals surface area contributed by atoms with Gasteiger partial charge in [0.2, 0.25) is 5.91 Å². The van der Waals surface area contributed by atoms with Gasteiger partial charge in [0.05, 0.1) is 16.4 Å². The van der Waals surface area contributed by atoms with E-state index in [0.29, 0.717) is 6.42 Å². The normalized spacial score (nSPS) is 18.5. The molecule has 2 amide bonds. The fourth-order valence-electron chi connectivity index (χ4n) is 2.58. The zero-order valence-corrected chi connectivity index (χ0v) is 14.5. The number of hydrogen-bond acceptors (Lipinski definition) is 6. The van der Waals surface area contributed by atoms with Gasteiger partial charge in [-0.2, -0.15) is 0 Å². The van der Waals surface area contributed by atoms with Gasteiger partial charge in [-0.05, 0) is 18.6 Å². The number of nitrogens with zero attached hydrogens (tertiary/aromatic N) is 2. The van der Waals surface area contributed by atoms with Crippen molar-refractivity contribution in [3.05, 3.63) is 39.9 Å². The number of carbonyl (C=O) groups is 2. The van der Waals surface area contributed by atoms with Crippen LogP contribution in [0.25, 0.3) is 0 Å². The number of nitro benzene ring substituents is 1. The minimum atomic E-state index is -3.07. The SMILES string of the molecule is CN(C(=O)CCNC(=O)c1ccc([N+](=O)[O-])cc1)C1CCS(=O)(=O)C1. The summed E-state index contributed by atoms with van der Waals surface area (Å²) in [6.07, 6.45) is 0.478. The number of benzene rings is 1. The fraction of sp³-hybridized carbons (Fsp3) is 0.467. The van der Waals surface area contributed by atoms with Crippen molar-refractivity contribution in [2.45, 2.75) is 18.9 Å². The third kappa shape index (κ3) is 4.99. The van der Waals surface area contributed by atoms with E-state index in [4.69, 9.17) is 0 Å². The Morgan fingerprint density at radius 3 is 2.48 bits per heavy atom. The summed E-state index contributed by atoms with van der Waals surface area (Å²) >= 11 is 0. The molecule has 25 heavy (non-hydrogen) atoms. The van der Waals surface area contributed by atoms with Crippen molar-refractivity contribution in [3.63, 3.8) is 0 Å². The molecule has 2 rings (SSSR count). The average Bonchev–Trinajstić information content (AvgIpc) is 2.93. The van der Waals surface area contributed by atoms with Gasteiger partial charge < -0.3 is 10.2 Å². The lowest BCUT2D eigenvalue weighted by Gasteiger charge is -2.23. The number of nitro groups is 1. The molecule has 0 bridgehead atoms. The van der Waals surface area contributed by atoms with Crippen LogP contribution >= 0.6 is 0 Å². The van der Waals surface area contributed by atoms with Gasteiger partial charge in [-0.3, -0.25) is 19.7 Å². The third-order valence-electron chi connectivity index (χ3n) is 4.11. The minimum Gasteiger partial charge on any atom is -0.352 e. The summed E-state index contributed by atoms with van der Waals surface area (Å²) in [5, 5.41) is 13.1. The second-order valence-corrected chi connectivity index (χ2v) is 8.10. The predicted molar refractivity (Wildman–Crippen MR) is 89.9 cm³/mol. The highest BCUT2D eigenvalue weighted by Crippen LogP contribution is 2.17. The highest BCUT2D eigenvalue weighted by atomic mass is 32.2. The lowest BCUT2D eigenvalue weighted by molar-refractivity contribution is -0.384. The monoisotopic (exact) mass is 369 g/mol. The second kappa shape index (κ2) is 7.60. The van der Waals surface area contributed by atoms with Gasteiger partial charge in [0.1, 0.15) is 0 Å². The van der Waals surface area contributed by atoms with E-state index in [0.717, 1.165) is 0 Å². The molecule has 0 aliphatic carbocycles. The largest absolute Gasteiger partial charge is 0.352 e. The molecule has 1 saturated heterocycles. The number of amides is 2. The van der Waals surface area contributed by atoms with Crippen LogP contribution in [-0.2, 0) is 14.6 Å². The first-order chi connectivity index (χ1) is 11.7. The molecule has 1 N–H and O–H groups in total. The van der Waals surface area contributed by atoms with Crippen molar-refractivity contribution in [2.24, 2.45) is 0 Å². The summed E-state index contributed by atoms with van der Waals surface area (Å²) in [6.45, 7) is 0.0957. The number of rotatable bonds is 6. The molecule has 1 aromatic carbocycles. The second-order valence-electron chi connectivity index (χ2n) is 5.87. The number of non-ortho nitro benzene ring substituents is 1. The maximum atomic E-state index is 12.1. The van der Waals surface area contributed by atoms with E-state index < -0.39 is 20.7 Å². The summed E-state index contributed by atoms with van der Waals surface area (Å²) in [5.41, 5.74) is 0.146. The maximum Gasteiger partial charge on any atom is 0.269 e. The first-order valence-corrected chi connectivity index (χ1v) is 9.50. The smallest absolute Gasteiger partial charge is 0.269 e. The Morgan fingerprint density at radius 1 is 1.32 bits per heavy atom. The number of sulfone groups is 1. The van der Waals surface area contributed by atoms with E-state index in [9.17, 15) is 28.1 Å². The molecule has 1 unspecified atom stereocenters. The molecule has 10 heteroatoms. The van der Waals surface area contributed by atoms with Crippen LogP contribution in [0.5, 0.6) is 0 Å². The summed E-state index contributed by atoms with van der Waals surface area (Å²) in [5.74, 6) is -0.615. The molecule has 9 nitrogen and oxygen atoms in total. The van der Waals surface area contributed by atoms with Crippen LogP contribution in [0.2, 0.25) is 0 Å². The molecule has 1 aliphatic heterocycles. The molecule has 0 radical (unpaired) electrons. The first kappa shape index (κ1) is 18.8. The van der Waals surface area contributed by atoms with Crippen LogP contribution in [0.4, 0.5) is 5.69 Å². The van der Waals surface area contributed by atoms with Crippen LogP contribution in [0.1, 0.15) is 23.2 Å². The van der Waals surface area contributed by atoms with Gasteiger partial charge >= 0.3 is 0 Å². The molecule has 0 spiro atoms. The van der Waals surface area contributed by atoms with Crippen LogP contribution in [0.3, 0.4) is 0 Å². The van der Waals surface area contributed by atoms with Crippen molar-refractivity contribution < 1.29 is 22.9 Å². The predicted octanol–water partition coefficient (Wildman–Crippen LogP) is 0.360. The zero-order chi connectivity index (χ0) is 18.6. The number of carbonyl (C=O) groups excluding carboxylic acids is 2. The summed E-state index contributed by atoms with van der Waals surface area (Å²) < 4.78 is 22.9. The van der Waals surface area contributed by atoms with Gasteiger partial charge in [-0.25, -0.2) is 8.42 Å². The van der Waals surface area contributed by atoms with Gasteiger partial charge in [-0.1, -0.05) is 0 Å². The Kier molecular flexibility index (Phi) is 5.73. The lowest BCUT2D eigenvalue weighted by Crippen LogP contribution is -2.39. The van der Waals surface area contributed by atoms with Crippen molar-refractivity contribution in [3.8, 4) is 0 Å². The Labute approximate surface area is 145 Å². The Morgan fingerprint density at radius 2 is 1.96 bits per heavy atom. The molecular weight excluding hydrogens is 350 g/mol. The van der Waals surface area contributed by atoms with Crippen molar-refractivity contribution in [2.75, 3.05) is 25.1 Å². The summed E-state index contributed by atoms with van der Waals surface area (Å²) in [7, 11) is -1.50. The van der Waals surface area contributed by atoms with E-state index in [1.54, 1.807) is 7.05 Å².